The summed E-state index contributed by atoms with van der Waals surface area (Å²) < 4.78 is 0. The van der Waals surface area contributed by atoms with Crippen LogP contribution in [-0.4, -0.2) is 32.4 Å². The third-order valence-corrected chi connectivity index (χ3v) is 2.18. The molecule has 0 saturated carbocycles. The van der Waals surface area contributed by atoms with Gasteiger partial charge in [0, 0.05) is 5.56 Å². The minimum absolute atomic E-state index is 0.0114. The quantitative estimate of drug-likeness (QED) is 0.612. The second-order valence-electron chi connectivity index (χ2n) is 3.11. The predicted molar refractivity (Wildman–Crippen MR) is 53.1 cm³/mol. The van der Waals surface area contributed by atoms with E-state index in [1.165, 1.54) is 0 Å². The van der Waals surface area contributed by atoms with Gasteiger partial charge in [0.15, 0.2) is 0 Å². The molecule has 0 aliphatic carbocycles. The van der Waals surface area contributed by atoms with Crippen molar-refractivity contribution in [2.45, 2.75) is 13.3 Å². The van der Waals surface area contributed by atoms with Crippen LogP contribution >= 0.6 is 0 Å². The van der Waals surface area contributed by atoms with Gasteiger partial charge >= 0.3 is 11.9 Å². The summed E-state index contributed by atoms with van der Waals surface area (Å²) in [6, 6.07) is 0.824. The average Bonchev–Trinajstić information content (AvgIpc) is 2.16. The molecular formula is C10H10O6. The molecule has 0 spiro atoms. The summed E-state index contributed by atoms with van der Waals surface area (Å²) >= 11 is 0. The lowest BCUT2D eigenvalue weighted by Crippen LogP contribution is -2.07. The fourth-order valence-electron chi connectivity index (χ4n) is 1.46. The van der Waals surface area contributed by atoms with Crippen molar-refractivity contribution >= 4 is 11.9 Å². The van der Waals surface area contributed by atoms with Crippen LogP contribution in [0.5, 0.6) is 11.5 Å². The summed E-state index contributed by atoms with van der Waals surface area (Å²) in [5.74, 6) is -4.31. The lowest BCUT2D eigenvalue weighted by molar-refractivity contribution is 0.0673. The van der Waals surface area contributed by atoms with E-state index in [0.717, 1.165) is 6.07 Å². The van der Waals surface area contributed by atoms with Crippen molar-refractivity contribution in [3.63, 3.8) is 0 Å². The second-order valence-corrected chi connectivity index (χ2v) is 3.11. The van der Waals surface area contributed by atoms with Crippen LogP contribution in [0.2, 0.25) is 0 Å². The van der Waals surface area contributed by atoms with Gasteiger partial charge in [0.05, 0.1) is 5.56 Å². The van der Waals surface area contributed by atoms with Gasteiger partial charge < -0.3 is 20.4 Å². The van der Waals surface area contributed by atoms with Crippen molar-refractivity contribution in [3.05, 3.63) is 22.8 Å². The Morgan fingerprint density at radius 1 is 1.19 bits per heavy atom. The molecule has 86 valence electrons. The van der Waals surface area contributed by atoms with E-state index in [0.29, 0.717) is 0 Å². The number of hydrogen-bond acceptors (Lipinski definition) is 4. The number of benzene rings is 1. The van der Waals surface area contributed by atoms with Gasteiger partial charge in [-0.3, -0.25) is 0 Å². The van der Waals surface area contributed by atoms with Gasteiger partial charge in [-0.25, -0.2) is 9.59 Å². The van der Waals surface area contributed by atoms with Crippen molar-refractivity contribution in [1.82, 2.24) is 0 Å². The maximum absolute atomic E-state index is 10.8. The Morgan fingerprint density at radius 2 is 1.75 bits per heavy atom. The fraction of sp³-hybridized carbons (Fsp3) is 0.200. The summed E-state index contributed by atoms with van der Waals surface area (Å²) in [6.45, 7) is 1.57. The van der Waals surface area contributed by atoms with Crippen molar-refractivity contribution in [3.8, 4) is 11.5 Å². The SMILES string of the molecule is CCc1c(C(=O)O)cc(O)c(C(=O)O)c1O. The van der Waals surface area contributed by atoms with Gasteiger partial charge in [0.1, 0.15) is 17.1 Å². The van der Waals surface area contributed by atoms with E-state index in [4.69, 9.17) is 10.2 Å². The van der Waals surface area contributed by atoms with Crippen molar-refractivity contribution in [1.29, 1.82) is 0 Å². The Labute approximate surface area is 90.4 Å². The molecule has 0 saturated heterocycles. The number of aromatic carboxylic acids is 2. The zero-order valence-corrected chi connectivity index (χ0v) is 8.39. The summed E-state index contributed by atoms with van der Waals surface area (Å²) in [5, 5.41) is 36.4. The van der Waals surface area contributed by atoms with E-state index in [9.17, 15) is 19.8 Å². The second kappa shape index (κ2) is 4.09. The normalized spacial score (nSPS) is 10.1. The van der Waals surface area contributed by atoms with Crippen molar-refractivity contribution in [2.24, 2.45) is 0 Å². The van der Waals surface area contributed by atoms with Crippen LogP contribution < -0.4 is 0 Å². The van der Waals surface area contributed by atoms with Gasteiger partial charge in [0.2, 0.25) is 0 Å². The van der Waals surface area contributed by atoms with Gasteiger partial charge in [-0.15, -0.1) is 0 Å². The summed E-state index contributed by atoms with van der Waals surface area (Å²) in [4.78, 5) is 21.5. The molecule has 0 unspecified atom stereocenters. The van der Waals surface area contributed by atoms with E-state index in [1.54, 1.807) is 6.92 Å². The molecule has 6 heteroatoms. The van der Waals surface area contributed by atoms with Crippen LogP contribution in [0.3, 0.4) is 0 Å². The Bertz CT molecular complexity index is 463. The molecule has 1 aromatic rings. The fourth-order valence-corrected chi connectivity index (χ4v) is 1.46. The number of aromatic hydroxyl groups is 2. The maximum atomic E-state index is 10.8. The van der Waals surface area contributed by atoms with Crippen LogP contribution in [-0.2, 0) is 6.42 Å². The van der Waals surface area contributed by atoms with Gasteiger partial charge in [-0.1, -0.05) is 6.92 Å². The lowest BCUT2D eigenvalue weighted by atomic mass is 9.99. The zero-order valence-electron chi connectivity index (χ0n) is 8.39. The Hall–Kier alpha value is -2.24. The monoisotopic (exact) mass is 226 g/mol. The number of carbonyl (C=O) groups is 2. The Kier molecular flexibility index (Phi) is 3.03. The van der Waals surface area contributed by atoms with E-state index < -0.39 is 29.0 Å². The van der Waals surface area contributed by atoms with Crippen LogP contribution in [0.15, 0.2) is 6.07 Å². The Balaban J connectivity index is 3.62. The van der Waals surface area contributed by atoms with Gasteiger partial charge in [-0.2, -0.15) is 0 Å². The molecular weight excluding hydrogens is 216 g/mol. The molecule has 16 heavy (non-hydrogen) atoms. The van der Waals surface area contributed by atoms with Crippen LogP contribution in [0.25, 0.3) is 0 Å². The molecule has 0 radical (unpaired) electrons. The smallest absolute Gasteiger partial charge is 0.343 e. The standard InChI is InChI=1S/C10H10O6/c1-2-4-5(9(13)14)3-6(11)7(8(4)12)10(15)16/h3,11-12H,2H2,1H3,(H,13,14)(H,15,16). The number of carboxylic acids is 2. The topological polar surface area (TPSA) is 115 Å². The minimum atomic E-state index is -1.51. The van der Waals surface area contributed by atoms with Crippen molar-refractivity contribution in [2.75, 3.05) is 0 Å². The highest BCUT2D eigenvalue weighted by Crippen LogP contribution is 2.34. The molecule has 1 rings (SSSR count). The summed E-state index contributed by atoms with van der Waals surface area (Å²) in [7, 11) is 0. The highest BCUT2D eigenvalue weighted by atomic mass is 16.4. The number of hydrogen-bond donors (Lipinski definition) is 4. The van der Waals surface area contributed by atoms with E-state index in [1.807, 2.05) is 0 Å². The highest BCUT2D eigenvalue weighted by Gasteiger charge is 2.23. The zero-order chi connectivity index (χ0) is 12.5. The summed E-state index contributed by atoms with van der Waals surface area (Å²) in [5.41, 5.74) is -0.993. The number of phenols is 2. The molecule has 0 aliphatic rings. The first-order valence-electron chi connectivity index (χ1n) is 4.44. The number of rotatable bonds is 3. The maximum Gasteiger partial charge on any atom is 0.343 e. The predicted octanol–water partition coefficient (Wildman–Crippen LogP) is 1.06. The minimum Gasteiger partial charge on any atom is -0.507 e. The first kappa shape index (κ1) is 11.8. The molecule has 0 fully saturated rings. The lowest BCUT2D eigenvalue weighted by Gasteiger charge is -2.10. The molecule has 0 heterocycles. The van der Waals surface area contributed by atoms with E-state index >= 15 is 0 Å². The van der Waals surface area contributed by atoms with E-state index in [-0.39, 0.29) is 17.5 Å². The first-order valence-corrected chi connectivity index (χ1v) is 4.44. The molecule has 0 aliphatic heterocycles. The van der Waals surface area contributed by atoms with Crippen LogP contribution in [0, 0.1) is 0 Å². The molecule has 4 N–H and O–H groups in total. The number of carboxylic acid groups (broad SMARTS) is 2. The molecule has 1 aromatic carbocycles. The Morgan fingerprint density at radius 3 is 2.12 bits per heavy atom. The molecule has 0 bridgehead atoms. The molecule has 0 aromatic heterocycles. The van der Waals surface area contributed by atoms with E-state index in [2.05, 4.69) is 0 Å². The molecule has 0 amide bonds. The van der Waals surface area contributed by atoms with Gasteiger partial charge in [-0.05, 0) is 12.5 Å². The third-order valence-electron chi connectivity index (χ3n) is 2.18. The van der Waals surface area contributed by atoms with Crippen LogP contribution in [0.4, 0.5) is 0 Å². The highest BCUT2D eigenvalue weighted by molar-refractivity contribution is 5.99. The molecule has 6 nitrogen and oxygen atoms in total. The largest absolute Gasteiger partial charge is 0.507 e. The van der Waals surface area contributed by atoms with Gasteiger partial charge in [0.25, 0.3) is 0 Å². The summed E-state index contributed by atoms with van der Waals surface area (Å²) in [6.07, 6.45) is 0.147. The van der Waals surface area contributed by atoms with Crippen molar-refractivity contribution < 1.29 is 30.0 Å². The molecule has 0 atom stereocenters. The average molecular weight is 226 g/mol. The third kappa shape index (κ3) is 1.77. The van der Waals surface area contributed by atoms with Crippen LogP contribution in [0.1, 0.15) is 33.2 Å². The first-order chi connectivity index (χ1) is 7.40.